The lowest BCUT2D eigenvalue weighted by molar-refractivity contribution is -0.143. The Balaban J connectivity index is 1.78. The molecule has 1 fully saturated rings. The lowest BCUT2D eigenvalue weighted by Crippen LogP contribution is -2.51. The Morgan fingerprint density at radius 3 is 2.78 bits per heavy atom. The number of ether oxygens (including phenoxy) is 1. The summed E-state index contributed by atoms with van der Waals surface area (Å²) in [4.78, 5) is 17.1. The van der Waals surface area contributed by atoms with Crippen molar-refractivity contribution < 1.29 is 23.4 Å². The molecule has 27 heavy (non-hydrogen) atoms. The normalized spacial score (nSPS) is 14.0. The van der Waals surface area contributed by atoms with Crippen molar-refractivity contribution in [2.45, 2.75) is 19.1 Å². The van der Waals surface area contributed by atoms with Crippen LogP contribution in [0.4, 0.5) is 14.6 Å². The van der Waals surface area contributed by atoms with Crippen molar-refractivity contribution in [3.8, 4) is 11.1 Å². The maximum absolute atomic E-state index is 14.7. The molecule has 2 aromatic rings. The van der Waals surface area contributed by atoms with E-state index in [2.05, 4.69) is 4.98 Å². The van der Waals surface area contributed by atoms with Crippen molar-refractivity contribution in [2.24, 2.45) is 5.73 Å². The summed E-state index contributed by atoms with van der Waals surface area (Å²) in [5.41, 5.74) is 5.59. The summed E-state index contributed by atoms with van der Waals surface area (Å²) < 4.78 is 34.0. The molecule has 0 unspecified atom stereocenters. The molecule has 0 amide bonds. The Bertz CT molecular complexity index is 885. The van der Waals surface area contributed by atoms with E-state index >= 15 is 0 Å². The SMILES string of the molecule is N=C(N)CC(=O)OCc1cccc(-c2cnc(N3CC(O)C3)c(F)c2)c1F. The molecule has 0 bridgehead atoms. The summed E-state index contributed by atoms with van der Waals surface area (Å²) in [6.45, 7) is 0.281. The summed E-state index contributed by atoms with van der Waals surface area (Å²) in [5, 5.41) is 16.3. The Morgan fingerprint density at radius 2 is 2.15 bits per heavy atom. The molecule has 1 aliphatic rings. The number of pyridine rings is 1. The molecular formula is C18H18F2N4O3. The van der Waals surface area contributed by atoms with Crippen LogP contribution in [0.2, 0.25) is 0 Å². The van der Waals surface area contributed by atoms with Gasteiger partial charge in [0.2, 0.25) is 0 Å². The number of nitrogens with zero attached hydrogens (tertiary/aromatic N) is 2. The minimum absolute atomic E-state index is 0.110. The molecule has 4 N–H and O–H groups in total. The first kappa shape index (κ1) is 18.7. The topological polar surface area (TPSA) is 113 Å². The number of amidine groups is 1. The highest BCUT2D eigenvalue weighted by molar-refractivity contribution is 5.94. The Kier molecular flexibility index (Phi) is 5.31. The van der Waals surface area contributed by atoms with Crippen LogP contribution in [0.5, 0.6) is 0 Å². The first-order chi connectivity index (χ1) is 12.8. The van der Waals surface area contributed by atoms with Crippen LogP contribution in [0.1, 0.15) is 12.0 Å². The van der Waals surface area contributed by atoms with Crippen molar-refractivity contribution in [2.75, 3.05) is 18.0 Å². The molecule has 1 saturated heterocycles. The van der Waals surface area contributed by atoms with Gasteiger partial charge in [-0.25, -0.2) is 13.8 Å². The van der Waals surface area contributed by atoms with Crippen LogP contribution in [0, 0.1) is 17.0 Å². The van der Waals surface area contributed by atoms with E-state index in [4.69, 9.17) is 15.9 Å². The fraction of sp³-hybridized carbons (Fsp3) is 0.278. The molecule has 1 aromatic carbocycles. The van der Waals surface area contributed by atoms with Crippen LogP contribution >= 0.6 is 0 Å². The van der Waals surface area contributed by atoms with Crippen molar-refractivity contribution in [3.05, 3.63) is 47.7 Å². The van der Waals surface area contributed by atoms with Crippen molar-refractivity contribution in [1.82, 2.24) is 4.98 Å². The van der Waals surface area contributed by atoms with E-state index in [1.807, 2.05) is 0 Å². The molecule has 2 heterocycles. The second-order valence-electron chi connectivity index (χ2n) is 6.23. The quantitative estimate of drug-likeness (QED) is 0.401. The molecule has 0 saturated carbocycles. The Labute approximate surface area is 153 Å². The first-order valence-electron chi connectivity index (χ1n) is 8.20. The number of hydrogen-bond acceptors (Lipinski definition) is 6. The monoisotopic (exact) mass is 376 g/mol. The number of carbonyl (C=O) groups excluding carboxylic acids is 1. The van der Waals surface area contributed by atoms with E-state index in [0.717, 1.165) is 0 Å². The van der Waals surface area contributed by atoms with Gasteiger partial charge in [-0.15, -0.1) is 0 Å². The number of halogens is 2. The van der Waals surface area contributed by atoms with E-state index in [0.29, 0.717) is 13.1 Å². The highest BCUT2D eigenvalue weighted by atomic mass is 19.1. The number of nitrogens with one attached hydrogen (secondary N) is 1. The maximum Gasteiger partial charge on any atom is 0.313 e. The maximum atomic E-state index is 14.7. The van der Waals surface area contributed by atoms with Crippen LogP contribution < -0.4 is 10.6 Å². The number of aliphatic hydroxyl groups excluding tert-OH is 1. The van der Waals surface area contributed by atoms with Gasteiger partial charge in [0.15, 0.2) is 11.6 Å². The molecule has 0 aliphatic carbocycles. The van der Waals surface area contributed by atoms with E-state index in [-0.39, 0.29) is 41.4 Å². The van der Waals surface area contributed by atoms with Crippen LogP contribution in [-0.2, 0) is 16.1 Å². The van der Waals surface area contributed by atoms with Gasteiger partial charge in [-0.2, -0.15) is 0 Å². The molecule has 9 heteroatoms. The summed E-state index contributed by atoms with van der Waals surface area (Å²) in [6.07, 6.45) is 0.488. The third-order valence-electron chi connectivity index (χ3n) is 4.10. The van der Waals surface area contributed by atoms with Gasteiger partial charge in [0.05, 0.1) is 6.10 Å². The zero-order valence-corrected chi connectivity index (χ0v) is 14.3. The molecule has 0 radical (unpaired) electrons. The van der Waals surface area contributed by atoms with E-state index in [1.54, 1.807) is 11.0 Å². The average molecular weight is 376 g/mol. The molecule has 3 rings (SSSR count). The van der Waals surface area contributed by atoms with Crippen LogP contribution in [0.3, 0.4) is 0 Å². The summed E-state index contributed by atoms with van der Waals surface area (Å²) in [7, 11) is 0. The smallest absolute Gasteiger partial charge is 0.313 e. The molecule has 0 spiro atoms. The van der Waals surface area contributed by atoms with Gasteiger partial charge in [-0.1, -0.05) is 18.2 Å². The van der Waals surface area contributed by atoms with Crippen molar-refractivity contribution in [3.63, 3.8) is 0 Å². The molecular weight excluding hydrogens is 358 g/mol. The standard InChI is InChI=1S/C18H18F2N4O3/c19-14-4-11(6-23-18(14)24-7-12(25)8-24)13-3-1-2-10(17(13)20)9-27-16(26)5-15(21)22/h1-4,6,12,25H,5,7-9H2,(H3,21,22). The van der Waals surface area contributed by atoms with Crippen LogP contribution in [0.25, 0.3) is 11.1 Å². The van der Waals surface area contributed by atoms with E-state index in [9.17, 15) is 18.7 Å². The van der Waals surface area contributed by atoms with Gasteiger partial charge in [0.1, 0.15) is 24.7 Å². The zero-order chi connectivity index (χ0) is 19.6. The number of rotatable bonds is 6. The van der Waals surface area contributed by atoms with Crippen LogP contribution in [0.15, 0.2) is 30.5 Å². The summed E-state index contributed by atoms with van der Waals surface area (Å²) in [5.74, 6) is -2.23. The second kappa shape index (κ2) is 7.67. The number of carbonyl (C=O) groups is 1. The number of esters is 1. The Hall–Kier alpha value is -3.07. The number of β-amino-alcohol motifs (C(OH)–C–C–N with tert-alkyl or cyclic N) is 1. The van der Waals surface area contributed by atoms with Crippen molar-refractivity contribution >= 4 is 17.6 Å². The predicted molar refractivity (Wildman–Crippen MR) is 94.1 cm³/mol. The number of hydrogen-bond donors (Lipinski definition) is 3. The predicted octanol–water partition coefficient (Wildman–Crippen LogP) is 1.58. The zero-order valence-electron chi connectivity index (χ0n) is 14.3. The van der Waals surface area contributed by atoms with Gasteiger partial charge in [0, 0.05) is 36.0 Å². The number of nitrogens with two attached hydrogens (primary N) is 1. The Morgan fingerprint density at radius 1 is 1.41 bits per heavy atom. The van der Waals surface area contributed by atoms with E-state index < -0.39 is 23.7 Å². The average Bonchev–Trinajstić information content (AvgIpc) is 2.58. The van der Waals surface area contributed by atoms with Gasteiger partial charge < -0.3 is 20.5 Å². The van der Waals surface area contributed by atoms with E-state index in [1.165, 1.54) is 24.4 Å². The highest BCUT2D eigenvalue weighted by Gasteiger charge is 2.28. The van der Waals surface area contributed by atoms with Gasteiger partial charge in [0.25, 0.3) is 0 Å². The van der Waals surface area contributed by atoms with Crippen LogP contribution in [-0.4, -0.2) is 41.1 Å². The minimum Gasteiger partial charge on any atom is -0.460 e. The lowest BCUT2D eigenvalue weighted by Gasteiger charge is -2.36. The first-order valence-corrected chi connectivity index (χ1v) is 8.20. The molecule has 7 nitrogen and oxygen atoms in total. The largest absolute Gasteiger partial charge is 0.460 e. The second-order valence-corrected chi connectivity index (χ2v) is 6.23. The number of aromatic nitrogens is 1. The fourth-order valence-electron chi connectivity index (χ4n) is 2.72. The van der Waals surface area contributed by atoms with Gasteiger partial charge in [-0.05, 0) is 6.07 Å². The number of anilines is 1. The molecule has 1 aromatic heterocycles. The third-order valence-corrected chi connectivity index (χ3v) is 4.10. The summed E-state index contributed by atoms with van der Waals surface area (Å²) in [6, 6.07) is 5.65. The number of aliphatic hydroxyl groups is 1. The van der Waals surface area contributed by atoms with Gasteiger partial charge in [-0.3, -0.25) is 10.2 Å². The fourth-order valence-corrected chi connectivity index (χ4v) is 2.72. The van der Waals surface area contributed by atoms with Gasteiger partial charge >= 0.3 is 5.97 Å². The summed E-state index contributed by atoms with van der Waals surface area (Å²) >= 11 is 0. The minimum atomic E-state index is -0.735. The highest BCUT2D eigenvalue weighted by Crippen LogP contribution is 2.29. The molecule has 0 atom stereocenters. The molecule has 142 valence electrons. The lowest BCUT2D eigenvalue weighted by atomic mass is 10.0. The van der Waals surface area contributed by atoms with Crippen molar-refractivity contribution in [1.29, 1.82) is 5.41 Å². The molecule has 1 aliphatic heterocycles. The number of benzene rings is 1. The third kappa shape index (κ3) is 4.20.